The zero-order valence-electron chi connectivity index (χ0n) is 13.7. The normalized spacial score (nSPS) is 24.6. The molecular formula is C17H26N2O4. The van der Waals surface area contributed by atoms with E-state index in [1.165, 1.54) is 4.90 Å². The van der Waals surface area contributed by atoms with Crippen molar-refractivity contribution in [2.75, 3.05) is 31.6 Å². The van der Waals surface area contributed by atoms with Crippen LogP contribution in [0, 0.1) is 0 Å². The molecule has 1 unspecified atom stereocenters. The van der Waals surface area contributed by atoms with Crippen molar-refractivity contribution in [3.05, 3.63) is 29.8 Å². The number of hydrogen-bond donors (Lipinski definition) is 3. The van der Waals surface area contributed by atoms with Crippen LogP contribution in [-0.4, -0.2) is 71.1 Å². The largest absolute Gasteiger partial charge is 0.388 e. The molecule has 1 aromatic carbocycles. The van der Waals surface area contributed by atoms with Crippen molar-refractivity contribution in [2.24, 2.45) is 0 Å². The van der Waals surface area contributed by atoms with Crippen molar-refractivity contribution in [1.29, 1.82) is 0 Å². The first-order chi connectivity index (χ1) is 10.9. The molecular weight excluding hydrogens is 296 g/mol. The van der Waals surface area contributed by atoms with E-state index < -0.39 is 18.3 Å². The van der Waals surface area contributed by atoms with Crippen LogP contribution in [0.15, 0.2) is 24.3 Å². The number of unbranched alkanes of at least 4 members (excludes halogenated alkanes) is 1. The number of amides is 1. The first-order valence-electron chi connectivity index (χ1n) is 8.08. The Hall–Kier alpha value is -1.63. The van der Waals surface area contributed by atoms with Gasteiger partial charge in [0.2, 0.25) is 0 Å². The molecule has 1 aliphatic rings. The Morgan fingerprint density at radius 1 is 1.17 bits per heavy atom. The fourth-order valence-electron chi connectivity index (χ4n) is 2.73. The van der Waals surface area contributed by atoms with Crippen LogP contribution >= 0.6 is 0 Å². The smallest absolute Gasteiger partial charge is 0.254 e. The first kappa shape index (κ1) is 17.7. The number of hydrogen-bond acceptors (Lipinski definition) is 5. The number of likely N-dealkylation sites (tertiary alicyclic amines) is 1. The molecule has 23 heavy (non-hydrogen) atoms. The summed E-state index contributed by atoms with van der Waals surface area (Å²) in [7, 11) is 2.02. The zero-order chi connectivity index (χ0) is 17.0. The number of nitrogens with zero attached hydrogens (tertiary/aromatic N) is 2. The van der Waals surface area contributed by atoms with Gasteiger partial charge in [-0.25, -0.2) is 0 Å². The number of rotatable bonds is 5. The molecule has 0 saturated carbocycles. The fraction of sp³-hybridized carbons (Fsp3) is 0.588. The van der Waals surface area contributed by atoms with Gasteiger partial charge in [0.1, 0.15) is 18.3 Å². The molecule has 0 radical (unpaired) electrons. The molecule has 3 N–H and O–H groups in total. The molecule has 2 rings (SSSR count). The second-order valence-electron chi connectivity index (χ2n) is 6.16. The molecule has 6 nitrogen and oxygen atoms in total. The van der Waals surface area contributed by atoms with Crippen LogP contribution in [0.4, 0.5) is 5.69 Å². The summed E-state index contributed by atoms with van der Waals surface area (Å²) in [4.78, 5) is 16.0. The van der Waals surface area contributed by atoms with Gasteiger partial charge in [0, 0.05) is 37.9 Å². The second-order valence-corrected chi connectivity index (χ2v) is 6.16. The van der Waals surface area contributed by atoms with E-state index in [-0.39, 0.29) is 19.0 Å². The number of anilines is 1. The molecule has 0 aromatic heterocycles. The van der Waals surface area contributed by atoms with Crippen LogP contribution in [0.3, 0.4) is 0 Å². The standard InChI is InChI=1S/C17H26N2O4/c1-3-4-9-18(2)13-7-5-12(6-8-13)17(23)19-10-14(20)16(22)15(21)11-19/h5-8,14-16,20-22H,3-4,9-11H2,1-2H3/t14-,15+,16?. The Morgan fingerprint density at radius 2 is 1.74 bits per heavy atom. The Kier molecular flexibility index (Phi) is 5.98. The number of piperidine rings is 1. The summed E-state index contributed by atoms with van der Waals surface area (Å²) in [5.41, 5.74) is 1.55. The summed E-state index contributed by atoms with van der Waals surface area (Å²) >= 11 is 0. The van der Waals surface area contributed by atoms with Gasteiger partial charge >= 0.3 is 0 Å². The van der Waals surface area contributed by atoms with E-state index in [9.17, 15) is 20.1 Å². The highest BCUT2D eigenvalue weighted by molar-refractivity contribution is 5.94. The third kappa shape index (κ3) is 4.22. The van der Waals surface area contributed by atoms with Gasteiger partial charge in [0.25, 0.3) is 5.91 Å². The summed E-state index contributed by atoms with van der Waals surface area (Å²) in [5, 5.41) is 28.9. The van der Waals surface area contributed by atoms with Crippen molar-refractivity contribution in [1.82, 2.24) is 4.90 Å². The van der Waals surface area contributed by atoms with Gasteiger partial charge in [-0.2, -0.15) is 0 Å². The summed E-state index contributed by atoms with van der Waals surface area (Å²) < 4.78 is 0. The van der Waals surface area contributed by atoms with E-state index in [2.05, 4.69) is 11.8 Å². The van der Waals surface area contributed by atoms with Gasteiger partial charge < -0.3 is 25.1 Å². The Balaban J connectivity index is 2.03. The van der Waals surface area contributed by atoms with Crippen molar-refractivity contribution in [3.63, 3.8) is 0 Å². The lowest BCUT2D eigenvalue weighted by Crippen LogP contribution is -2.56. The van der Waals surface area contributed by atoms with Crippen LogP contribution in [0.25, 0.3) is 0 Å². The topological polar surface area (TPSA) is 84.2 Å². The van der Waals surface area contributed by atoms with E-state index >= 15 is 0 Å². The number of aliphatic hydroxyl groups excluding tert-OH is 3. The Morgan fingerprint density at radius 3 is 2.26 bits per heavy atom. The minimum atomic E-state index is -1.20. The maximum atomic E-state index is 12.5. The number of carbonyl (C=O) groups is 1. The van der Waals surface area contributed by atoms with Gasteiger partial charge in [-0.05, 0) is 30.7 Å². The van der Waals surface area contributed by atoms with Crippen LogP contribution in [0.5, 0.6) is 0 Å². The average molecular weight is 322 g/mol. The summed E-state index contributed by atoms with van der Waals surface area (Å²) in [6.45, 7) is 3.16. The van der Waals surface area contributed by atoms with Crippen molar-refractivity contribution in [2.45, 2.75) is 38.1 Å². The molecule has 0 bridgehead atoms. The summed E-state index contributed by atoms with van der Waals surface area (Å²) in [6, 6.07) is 7.30. The third-order valence-electron chi connectivity index (χ3n) is 4.29. The van der Waals surface area contributed by atoms with Gasteiger partial charge in [0.15, 0.2) is 0 Å². The minimum absolute atomic E-state index is 0.0230. The van der Waals surface area contributed by atoms with E-state index in [0.29, 0.717) is 5.56 Å². The lowest BCUT2D eigenvalue weighted by Gasteiger charge is -2.36. The van der Waals surface area contributed by atoms with Crippen LogP contribution in [-0.2, 0) is 0 Å². The van der Waals surface area contributed by atoms with E-state index in [4.69, 9.17) is 0 Å². The van der Waals surface area contributed by atoms with Crippen LogP contribution < -0.4 is 4.90 Å². The van der Waals surface area contributed by atoms with Gasteiger partial charge in [-0.15, -0.1) is 0 Å². The van der Waals surface area contributed by atoms with Gasteiger partial charge in [-0.1, -0.05) is 13.3 Å². The first-order valence-corrected chi connectivity index (χ1v) is 8.08. The highest BCUT2D eigenvalue weighted by Crippen LogP contribution is 2.18. The Labute approximate surface area is 137 Å². The maximum Gasteiger partial charge on any atom is 0.254 e. The highest BCUT2D eigenvalue weighted by atomic mass is 16.4. The molecule has 3 atom stereocenters. The number of β-amino-alcohol motifs (C(OH)–C–C–N with tert-alkyl or cyclic N) is 2. The van der Waals surface area contributed by atoms with Crippen LogP contribution in [0.1, 0.15) is 30.1 Å². The molecule has 1 amide bonds. The number of carbonyl (C=O) groups excluding carboxylic acids is 1. The molecule has 128 valence electrons. The maximum absolute atomic E-state index is 12.5. The van der Waals surface area contributed by atoms with Gasteiger partial charge in [0.05, 0.1) is 0 Å². The van der Waals surface area contributed by atoms with E-state index in [1.54, 1.807) is 12.1 Å². The Bertz CT molecular complexity index is 508. The summed E-state index contributed by atoms with van der Waals surface area (Å²) in [6.07, 6.45) is -1.20. The highest BCUT2D eigenvalue weighted by Gasteiger charge is 2.35. The predicted molar refractivity (Wildman–Crippen MR) is 88.5 cm³/mol. The number of aliphatic hydroxyl groups is 3. The van der Waals surface area contributed by atoms with Crippen molar-refractivity contribution < 1.29 is 20.1 Å². The van der Waals surface area contributed by atoms with Gasteiger partial charge in [-0.3, -0.25) is 4.79 Å². The van der Waals surface area contributed by atoms with E-state index in [1.807, 2.05) is 19.2 Å². The molecule has 1 fully saturated rings. The summed E-state index contributed by atoms with van der Waals surface area (Å²) in [5.74, 6) is -0.252. The van der Waals surface area contributed by atoms with Crippen LogP contribution in [0.2, 0.25) is 0 Å². The average Bonchev–Trinajstić information content (AvgIpc) is 2.56. The number of benzene rings is 1. The quantitative estimate of drug-likeness (QED) is 0.733. The lowest BCUT2D eigenvalue weighted by molar-refractivity contribution is -0.101. The third-order valence-corrected chi connectivity index (χ3v) is 4.29. The van der Waals surface area contributed by atoms with Crippen molar-refractivity contribution >= 4 is 11.6 Å². The van der Waals surface area contributed by atoms with E-state index in [0.717, 1.165) is 25.1 Å². The molecule has 1 aliphatic heterocycles. The molecule has 1 aromatic rings. The molecule has 0 aliphatic carbocycles. The SMILES string of the molecule is CCCCN(C)c1ccc(C(=O)N2C[C@@H](O)C(O)[C@@H](O)C2)cc1. The lowest BCUT2D eigenvalue weighted by atomic mass is 10.0. The fourth-order valence-corrected chi connectivity index (χ4v) is 2.73. The van der Waals surface area contributed by atoms with Crippen molar-refractivity contribution in [3.8, 4) is 0 Å². The monoisotopic (exact) mass is 322 g/mol. The molecule has 6 heteroatoms. The predicted octanol–water partition coefficient (Wildman–Crippen LogP) is 0.461. The minimum Gasteiger partial charge on any atom is -0.388 e. The molecule has 1 heterocycles. The second kappa shape index (κ2) is 7.77. The molecule has 0 spiro atoms. The zero-order valence-corrected chi connectivity index (χ0v) is 13.7. The molecule has 1 saturated heterocycles.